The van der Waals surface area contributed by atoms with Crippen molar-refractivity contribution in [3.8, 4) is 0 Å². The summed E-state index contributed by atoms with van der Waals surface area (Å²) >= 11 is 0. The summed E-state index contributed by atoms with van der Waals surface area (Å²) in [6.45, 7) is 2.95. The second kappa shape index (κ2) is 6.18. The first-order valence-corrected chi connectivity index (χ1v) is 7.35. The van der Waals surface area contributed by atoms with Crippen molar-refractivity contribution < 1.29 is 0 Å². The van der Waals surface area contributed by atoms with Gasteiger partial charge in [-0.15, -0.1) is 0 Å². The summed E-state index contributed by atoms with van der Waals surface area (Å²) in [7, 11) is 4.26. The predicted octanol–water partition coefficient (Wildman–Crippen LogP) is 1.54. The number of rotatable bonds is 4. The lowest BCUT2D eigenvalue weighted by Crippen LogP contribution is -2.31. The van der Waals surface area contributed by atoms with Crippen molar-refractivity contribution in [3.63, 3.8) is 0 Å². The summed E-state index contributed by atoms with van der Waals surface area (Å²) in [4.78, 5) is 17.6. The fraction of sp³-hybridized carbons (Fsp3) is 0.438. The van der Waals surface area contributed by atoms with E-state index in [9.17, 15) is 0 Å². The molecular formula is C16H21N5. The zero-order chi connectivity index (χ0) is 14.7. The van der Waals surface area contributed by atoms with E-state index in [4.69, 9.17) is 0 Å². The predicted molar refractivity (Wildman–Crippen MR) is 83.3 cm³/mol. The number of hydrogen-bond donors (Lipinski definition) is 0. The summed E-state index contributed by atoms with van der Waals surface area (Å²) in [6.07, 6.45) is 7.39. The lowest BCUT2D eigenvalue weighted by molar-refractivity contribution is 0.309. The first-order chi connectivity index (χ1) is 10.2. The highest BCUT2D eigenvalue weighted by atomic mass is 15.2. The van der Waals surface area contributed by atoms with E-state index >= 15 is 0 Å². The Morgan fingerprint density at radius 2 is 2.05 bits per heavy atom. The number of nitrogens with zero attached hydrogens (tertiary/aromatic N) is 5. The number of aromatic nitrogens is 3. The molecule has 5 nitrogen and oxygen atoms in total. The van der Waals surface area contributed by atoms with Gasteiger partial charge in [-0.25, -0.2) is 9.97 Å². The van der Waals surface area contributed by atoms with Gasteiger partial charge in [0.25, 0.3) is 0 Å². The van der Waals surface area contributed by atoms with E-state index in [0.717, 1.165) is 38.3 Å². The van der Waals surface area contributed by atoms with Crippen LogP contribution in [0.5, 0.6) is 0 Å². The Morgan fingerprint density at radius 3 is 2.86 bits per heavy atom. The van der Waals surface area contributed by atoms with E-state index in [1.807, 2.05) is 12.4 Å². The minimum Gasteiger partial charge on any atom is -0.359 e. The van der Waals surface area contributed by atoms with E-state index in [0.29, 0.717) is 0 Å². The molecule has 0 bridgehead atoms. The fourth-order valence-electron chi connectivity index (χ4n) is 2.74. The number of pyridine rings is 1. The molecule has 3 rings (SSSR count). The minimum atomic E-state index is 0.936. The molecule has 21 heavy (non-hydrogen) atoms. The molecule has 0 saturated heterocycles. The van der Waals surface area contributed by atoms with E-state index in [1.54, 1.807) is 6.33 Å². The fourth-order valence-corrected chi connectivity index (χ4v) is 2.74. The van der Waals surface area contributed by atoms with E-state index < -0.39 is 0 Å². The molecule has 0 amide bonds. The van der Waals surface area contributed by atoms with Crippen LogP contribution in [-0.2, 0) is 19.4 Å². The van der Waals surface area contributed by atoms with Crippen LogP contribution in [0.3, 0.4) is 0 Å². The lowest BCUT2D eigenvalue weighted by atomic mass is 10.1. The van der Waals surface area contributed by atoms with E-state index in [2.05, 4.69) is 51.0 Å². The van der Waals surface area contributed by atoms with Crippen LogP contribution in [-0.4, -0.2) is 47.0 Å². The molecule has 1 aliphatic heterocycles. The Hall–Kier alpha value is -2.01. The molecule has 0 unspecified atom stereocenters. The molecule has 0 N–H and O–H groups in total. The molecule has 2 aromatic heterocycles. The molecule has 110 valence electrons. The van der Waals surface area contributed by atoms with Crippen molar-refractivity contribution in [1.82, 2.24) is 19.9 Å². The highest BCUT2D eigenvalue weighted by Gasteiger charge is 2.20. The maximum atomic E-state index is 4.51. The average molecular weight is 283 g/mol. The molecule has 0 atom stereocenters. The van der Waals surface area contributed by atoms with Gasteiger partial charge < -0.3 is 9.80 Å². The van der Waals surface area contributed by atoms with Crippen LogP contribution in [0.25, 0.3) is 0 Å². The molecule has 3 heterocycles. The first kappa shape index (κ1) is 13.9. The Kier molecular flexibility index (Phi) is 4.10. The molecular weight excluding hydrogens is 262 g/mol. The van der Waals surface area contributed by atoms with Crippen LogP contribution >= 0.6 is 0 Å². The molecule has 0 fully saturated rings. The topological polar surface area (TPSA) is 45.2 Å². The Bertz CT molecular complexity index is 599. The maximum absolute atomic E-state index is 4.51. The summed E-state index contributed by atoms with van der Waals surface area (Å²) in [5.74, 6) is 1.07. The molecule has 1 aliphatic rings. The highest BCUT2D eigenvalue weighted by molar-refractivity contribution is 5.49. The van der Waals surface area contributed by atoms with E-state index in [1.165, 1.54) is 16.8 Å². The maximum Gasteiger partial charge on any atom is 0.136 e. The van der Waals surface area contributed by atoms with Gasteiger partial charge in [-0.3, -0.25) is 4.98 Å². The van der Waals surface area contributed by atoms with Gasteiger partial charge in [-0.05, 0) is 31.2 Å². The quantitative estimate of drug-likeness (QED) is 0.851. The van der Waals surface area contributed by atoms with Gasteiger partial charge in [-0.2, -0.15) is 0 Å². The Labute approximate surface area is 125 Å². The molecule has 2 aromatic rings. The van der Waals surface area contributed by atoms with Crippen molar-refractivity contribution in [2.24, 2.45) is 0 Å². The summed E-state index contributed by atoms with van der Waals surface area (Å²) < 4.78 is 0. The third-order valence-electron chi connectivity index (χ3n) is 4.02. The molecule has 0 spiro atoms. The zero-order valence-corrected chi connectivity index (χ0v) is 12.7. The van der Waals surface area contributed by atoms with Crippen molar-refractivity contribution >= 4 is 5.82 Å². The zero-order valence-electron chi connectivity index (χ0n) is 12.7. The smallest absolute Gasteiger partial charge is 0.136 e. The SMILES string of the molecule is CN1CCc2ncnc(N(C)CCc3ccncc3)c2C1. The number of likely N-dealkylation sites (N-methyl/N-ethyl adjacent to an activating group) is 2. The highest BCUT2D eigenvalue weighted by Crippen LogP contribution is 2.24. The summed E-state index contributed by atoms with van der Waals surface area (Å²) in [5.41, 5.74) is 3.79. The van der Waals surface area contributed by atoms with Gasteiger partial charge in [0.2, 0.25) is 0 Å². The van der Waals surface area contributed by atoms with Crippen LogP contribution in [0, 0.1) is 0 Å². The van der Waals surface area contributed by atoms with Crippen molar-refractivity contribution in [1.29, 1.82) is 0 Å². The van der Waals surface area contributed by atoms with Crippen LogP contribution in [0.1, 0.15) is 16.8 Å². The van der Waals surface area contributed by atoms with Gasteiger partial charge >= 0.3 is 0 Å². The van der Waals surface area contributed by atoms with E-state index in [-0.39, 0.29) is 0 Å². The van der Waals surface area contributed by atoms with Gasteiger partial charge in [0.05, 0.1) is 5.69 Å². The standard InChI is InChI=1S/C16H21N5/c1-20-9-6-15-14(11-20)16(19-12-18-15)21(2)10-5-13-3-7-17-8-4-13/h3-4,7-8,12H,5-6,9-11H2,1-2H3. The van der Waals surface area contributed by atoms with Crippen LogP contribution in [0.15, 0.2) is 30.9 Å². The Morgan fingerprint density at radius 1 is 1.24 bits per heavy atom. The first-order valence-electron chi connectivity index (χ1n) is 7.35. The molecule has 0 aliphatic carbocycles. The molecule has 0 aromatic carbocycles. The normalized spacial score (nSPS) is 14.8. The number of fused-ring (bicyclic) bond motifs is 1. The second-order valence-electron chi connectivity index (χ2n) is 5.64. The van der Waals surface area contributed by atoms with Gasteiger partial charge in [0, 0.05) is 51.1 Å². The van der Waals surface area contributed by atoms with Crippen LogP contribution in [0.4, 0.5) is 5.82 Å². The van der Waals surface area contributed by atoms with Crippen molar-refractivity contribution in [2.75, 3.05) is 32.1 Å². The largest absolute Gasteiger partial charge is 0.359 e. The monoisotopic (exact) mass is 283 g/mol. The Balaban J connectivity index is 1.74. The number of hydrogen-bond acceptors (Lipinski definition) is 5. The van der Waals surface area contributed by atoms with Gasteiger partial charge in [0.1, 0.15) is 12.1 Å². The second-order valence-corrected chi connectivity index (χ2v) is 5.64. The van der Waals surface area contributed by atoms with Crippen LogP contribution in [0.2, 0.25) is 0 Å². The third kappa shape index (κ3) is 3.19. The lowest BCUT2D eigenvalue weighted by Gasteiger charge is -2.28. The molecule has 0 radical (unpaired) electrons. The minimum absolute atomic E-state index is 0.936. The van der Waals surface area contributed by atoms with Gasteiger partial charge in [0.15, 0.2) is 0 Å². The average Bonchev–Trinajstić information content (AvgIpc) is 2.53. The van der Waals surface area contributed by atoms with Crippen LogP contribution < -0.4 is 4.90 Å². The number of anilines is 1. The third-order valence-corrected chi connectivity index (χ3v) is 4.02. The summed E-state index contributed by atoms with van der Waals surface area (Å²) in [6, 6.07) is 4.13. The summed E-state index contributed by atoms with van der Waals surface area (Å²) in [5, 5.41) is 0. The van der Waals surface area contributed by atoms with Crippen molar-refractivity contribution in [2.45, 2.75) is 19.4 Å². The molecule has 0 saturated carbocycles. The van der Waals surface area contributed by atoms with Gasteiger partial charge in [-0.1, -0.05) is 0 Å². The molecule has 5 heteroatoms. The van der Waals surface area contributed by atoms with Crippen molar-refractivity contribution in [3.05, 3.63) is 47.7 Å².